The lowest BCUT2D eigenvalue weighted by Gasteiger charge is -2.17. The molecule has 0 bridgehead atoms. The third-order valence-corrected chi connectivity index (χ3v) is 4.24. The van der Waals surface area contributed by atoms with Crippen LogP contribution in [0.1, 0.15) is 69.8 Å². The predicted octanol–water partition coefficient (Wildman–Crippen LogP) is 3.16. The van der Waals surface area contributed by atoms with Crippen LogP contribution in [0, 0.1) is 0 Å². The molecule has 0 aromatic heterocycles. The molecule has 2 N–H and O–H groups in total. The Kier molecular flexibility index (Phi) is 3.36. The highest BCUT2D eigenvalue weighted by Gasteiger charge is 2.29. The quantitative estimate of drug-likeness (QED) is 0.932. The second-order valence-electron chi connectivity index (χ2n) is 5.99. The van der Waals surface area contributed by atoms with Crippen molar-refractivity contribution in [2.24, 2.45) is 0 Å². The number of fused-ring (bicyclic) bond motifs is 1. The molecule has 0 unspecified atom stereocenters. The molecule has 0 aromatic carbocycles. The van der Waals surface area contributed by atoms with Crippen LogP contribution < -0.4 is 5.73 Å². The minimum absolute atomic E-state index is 0.324. The van der Waals surface area contributed by atoms with E-state index in [0.29, 0.717) is 17.8 Å². The van der Waals surface area contributed by atoms with Crippen LogP contribution in [0.25, 0.3) is 11.5 Å². The molecule has 0 amide bonds. The smallest absolute Gasteiger partial charge is 0.202 e. The van der Waals surface area contributed by atoms with Crippen LogP contribution in [0.4, 0.5) is 5.95 Å². The molecule has 108 valence electrons. The van der Waals surface area contributed by atoms with E-state index in [4.69, 9.17) is 15.7 Å². The lowest BCUT2D eigenvalue weighted by molar-refractivity contribution is 0.670. The minimum Gasteiger partial charge on any atom is -0.369 e. The van der Waals surface area contributed by atoms with Crippen molar-refractivity contribution in [3.8, 4) is 11.5 Å². The van der Waals surface area contributed by atoms with Gasteiger partial charge in [0.2, 0.25) is 5.95 Å². The van der Waals surface area contributed by atoms with Crippen LogP contribution in [0.3, 0.4) is 0 Å². The highest BCUT2D eigenvalue weighted by atomic mass is 15.2. The summed E-state index contributed by atoms with van der Waals surface area (Å²) >= 11 is 0. The van der Waals surface area contributed by atoms with E-state index in [-0.39, 0.29) is 0 Å². The van der Waals surface area contributed by atoms with Gasteiger partial charge in [-0.1, -0.05) is 26.7 Å². The molecule has 0 spiro atoms. The topological polar surface area (TPSA) is 69.6 Å². The van der Waals surface area contributed by atoms with E-state index in [1.807, 2.05) is 4.57 Å². The summed E-state index contributed by atoms with van der Waals surface area (Å²) < 4.78 is 1.96. The van der Waals surface area contributed by atoms with Crippen molar-refractivity contribution in [2.75, 3.05) is 5.73 Å². The predicted molar refractivity (Wildman–Crippen MR) is 79.8 cm³/mol. The molecule has 3 rings (SSSR count). The Balaban J connectivity index is 2.20. The summed E-state index contributed by atoms with van der Waals surface area (Å²) in [7, 11) is 0. The van der Waals surface area contributed by atoms with Crippen LogP contribution in [-0.2, 0) is 6.54 Å². The Hall–Kier alpha value is -1.65. The average molecular weight is 273 g/mol. The third-order valence-electron chi connectivity index (χ3n) is 4.24. The first-order valence-electron chi connectivity index (χ1n) is 7.65. The van der Waals surface area contributed by atoms with Gasteiger partial charge < -0.3 is 5.73 Å². The molecule has 2 aliphatic heterocycles. The van der Waals surface area contributed by atoms with E-state index in [0.717, 1.165) is 29.6 Å². The Labute approximate surface area is 120 Å². The molecular weight excluding hydrogens is 250 g/mol. The molecule has 5 heteroatoms. The summed E-state index contributed by atoms with van der Waals surface area (Å²) in [5, 5.41) is 0. The van der Waals surface area contributed by atoms with Crippen LogP contribution in [-0.4, -0.2) is 19.5 Å². The number of nitrogens with zero attached hydrogens (tertiary/aromatic N) is 4. The molecule has 0 atom stereocenters. The summed E-state index contributed by atoms with van der Waals surface area (Å²) in [6, 6.07) is 0. The highest BCUT2D eigenvalue weighted by Crippen LogP contribution is 2.39. The van der Waals surface area contributed by atoms with E-state index in [1.165, 1.54) is 25.7 Å². The first-order valence-corrected chi connectivity index (χ1v) is 7.65. The van der Waals surface area contributed by atoms with Gasteiger partial charge in [-0.05, 0) is 19.8 Å². The first-order chi connectivity index (χ1) is 9.61. The van der Waals surface area contributed by atoms with Gasteiger partial charge in [-0.2, -0.15) is 0 Å². The summed E-state index contributed by atoms with van der Waals surface area (Å²) in [4.78, 5) is 14.1. The van der Waals surface area contributed by atoms with Crippen molar-refractivity contribution in [1.82, 2.24) is 19.5 Å². The molecule has 2 heterocycles. The Morgan fingerprint density at radius 2 is 1.90 bits per heavy atom. The van der Waals surface area contributed by atoms with Crippen LogP contribution in [0.2, 0.25) is 0 Å². The standard InChI is InChI=1S/C15H23N5/c1-4-20-14-12(17-13(19-14)9(2)3)11(18-15(20)16)10-7-5-6-8-10/h9-10H,4-8H2,1-3H3,(H2,16,18). The Morgan fingerprint density at radius 1 is 1.20 bits per heavy atom. The fraction of sp³-hybridized carbons (Fsp3) is 0.667. The third kappa shape index (κ3) is 2.05. The number of imidazole rings is 1. The largest absolute Gasteiger partial charge is 0.369 e. The van der Waals surface area contributed by atoms with Crippen molar-refractivity contribution in [3.05, 3.63) is 11.5 Å². The fourth-order valence-corrected chi connectivity index (χ4v) is 3.11. The van der Waals surface area contributed by atoms with E-state index in [9.17, 15) is 0 Å². The zero-order chi connectivity index (χ0) is 14.3. The summed E-state index contributed by atoms with van der Waals surface area (Å²) in [5.41, 5.74) is 8.17. The first kappa shape index (κ1) is 13.3. The van der Waals surface area contributed by atoms with Crippen molar-refractivity contribution in [3.63, 3.8) is 0 Å². The van der Waals surface area contributed by atoms with Gasteiger partial charge in [-0.3, -0.25) is 4.57 Å². The van der Waals surface area contributed by atoms with Gasteiger partial charge >= 0.3 is 0 Å². The van der Waals surface area contributed by atoms with Gasteiger partial charge in [-0.15, -0.1) is 0 Å². The van der Waals surface area contributed by atoms with E-state index in [1.54, 1.807) is 0 Å². The van der Waals surface area contributed by atoms with E-state index < -0.39 is 0 Å². The summed E-state index contributed by atoms with van der Waals surface area (Å²) in [6.45, 7) is 7.08. The average Bonchev–Trinajstić information content (AvgIpc) is 3.07. The van der Waals surface area contributed by atoms with Crippen molar-refractivity contribution < 1.29 is 0 Å². The fourth-order valence-electron chi connectivity index (χ4n) is 3.11. The molecule has 1 aliphatic carbocycles. The number of rotatable bonds is 3. The monoisotopic (exact) mass is 273 g/mol. The lowest BCUT2D eigenvalue weighted by Crippen LogP contribution is -2.15. The SMILES string of the molecule is CCn1c(N)nc(C2CCCC2)c2nc(C(C)C)nc1-2. The molecule has 5 nitrogen and oxygen atoms in total. The molecule has 3 aliphatic rings. The molecule has 1 saturated carbocycles. The molecule has 0 saturated heterocycles. The number of nitrogen functional groups attached to an aromatic ring is 1. The van der Waals surface area contributed by atoms with Crippen LogP contribution in [0.5, 0.6) is 0 Å². The van der Waals surface area contributed by atoms with Crippen molar-refractivity contribution >= 4 is 5.95 Å². The number of anilines is 1. The van der Waals surface area contributed by atoms with Crippen LogP contribution in [0.15, 0.2) is 0 Å². The van der Waals surface area contributed by atoms with Gasteiger partial charge in [0.15, 0.2) is 5.82 Å². The molecular formula is C15H23N5. The maximum absolute atomic E-state index is 6.14. The van der Waals surface area contributed by atoms with E-state index >= 15 is 0 Å². The van der Waals surface area contributed by atoms with Crippen LogP contribution >= 0.6 is 0 Å². The van der Waals surface area contributed by atoms with Gasteiger partial charge in [0.25, 0.3) is 0 Å². The van der Waals surface area contributed by atoms with E-state index in [2.05, 4.69) is 25.8 Å². The number of hydrogen-bond acceptors (Lipinski definition) is 4. The minimum atomic E-state index is 0.324. The van der Waals surface area contributed by atoms with Crippen molar-refractivity contribution in [2.45, 2.75) is 64.8 Å². The lowest BCUT2D eigenvalue weighted by atomic mass is 10.0. The summed E-state index contributed by atoms with van der Waals surface area (Å²) in [5.74, 6) is 3.20. The Morgan fingerprint density at radius 3 is 2.50 bits per heavy atom. The summed E-state index contributed by atoms with van der Waals surface area (Å²) in [6.07, 6.45) is 4.95. The second kappa shape index (κ2) is 5.04. The normalized spacial score (nSPS) is 16.6. The Bertz CT molecular complexity index is 581. The molecule has 0 aromatic rings. The van der Waals surface area contributed by atoms with Gasteiger partial charge in [-0.25, -0.2) is 15.0 Å². The second-order valence-corrected chi connectivity index (χ2v) is 5.99. The number of nitrogens with two attached hydrogens (primary N) is 1. The van der Waals surface area contributed by atoms with Gasteiger partial charge in [0.1, 0.15) is 11.5 Å². The maximum atomic E-state index is 6.14. The number of hydrogen-bond donors (Lipinski definition) is 1. The maximum Gasteiger partial charge on any atom is 0.202 e. The molecule has 0 radical (unpaired) electrons. The molecule has 1 fully saturated rings. The molecule has 20 heavy (non-hydrogen) atoms. The number of aromatic nitrogens is 4. The highest BCUT2D eigenvalue weighted by molar-refractivity contribution is 5.59. The van der Waals surface area contributed by atoms with Crippen molar-refractivity contribution in [1.29, 1.82) is 0 Å². The van der Waals surface area contributed by atoms with Gasteiger partial charge in [0.05, 0.1) is 5.69 Å². The zero-order valence-corrected chi connectivity index (χ0v) is 12.6. The zero-order valence-electron chi connectivity index (χ0n) is 12.6. The van der Waals surface area contributed by atoms with Gasteiger partial charge in [0, 0.05) is 18.4 Å².